The van der Waals surface area contributed by atoms with Gasteiger partial charge in [0, 0.05) is 6.07 Å². The second-order valence-corrected chi connectivity index (χ2v) is 6.29. The first-order valence-corrected chi connectivity index (χ1v) is 8.89. The molecular formula is C23H20O6. The summed E-state index contributed by atoms with van der Waals surface area (Å²) in [5.41, 5.74) is 0.394. The second-order valence-electron chi connectivity index (χ2n) is 6.29. The third kappa shape index (κ3) is 4.93. The molecule has 0 aliphatic heterocycles. The summed E-state index contributed by atoms with van der Waals surface area (Å²) in [6, 6.07) is 16.1. The Kier molecular flexibility index (Phi) is 6.14. The number of methoxy groups -OCH3 is 1. The van der Waals surface area contributed by atoms with Crippen LogP contribution in [0.2, 0.25) is 0 Å². The summed E-state index contributed by atoms with van der Waals surface area (Å²) in [5.74, 6) is 0.238. The number of allylic oxidation sites excluding steroid dienone is 1. The van der Waals surface area contributed by atoms with Gasteiger partial charge < -0.3 is 19.0 Å². The third-order valence-electron chi connectivity index (χ3n) is 4.15. The number of benzene rings is 2. The van der Waals surface area contributed by atoms with Crippen LogP contribution in [0.4, 0.5) is 0 Å². The maximum absolute atomic E-state index is 12.3. The van der Waals surface area contributed by atoms with Crippen LogP contribution >= 0.6 is 0 Å². The molecule has 2 aromatic carbocycles. The second kappa shape index (κ2) is 8.93. The van der Waals surface area contributed by atoms with Gasteiger partial charge in [0.05, 0.1) is 7.11 Å². The van der Waals surface area contributed by atoms with E-state index in [1.54, 1.807) is 25.3 Å². The fourth-order valence-corrected chi connectivity index (χ4v) is 2.72. The Morgan fingerprint density at radius 1 is 1.10 bits per heavy atom. The summed E-state index contributed by atoms with van der Waals surface area (Å²) in [6.45, 7) is 1.88. The summed E-state index contributed by atoms with van der Waals surface area (Å²) in [5, 5.41) is 9.88. The van der Waals surface area contributed by atoms with E-state index in [0.717, 1.165) is 5.56 Å². The van der Waals surface area contributed by atoms with Crippen molar-refractivity contribution < 1.29 is 23.8 Å². The first kappa shape index (κ1) is 19.9. The van der Waals surface area contributed by atoms with Crippen LogP contribution in [0.3, 0.4) is 0 Å². The van der Waals surface area contributed by atoms with Crippen LogP contribution in [0.25, 0.3) is 6.08 Å². The molecule has 0 amide bonds. The lowest BCUT2D eigenvalue weighted by Crippen LogP contribution is -2.12. The predicted octanol–water partition coefficient (Wildman–Crippen LogP) is 4.14. The minimum atomic E-state index is -0.876. The molecule has 0 fully saturated rings. The number of carbonyl (C=O) groups is 1. The fourth-order valence-electron chi connectivity index (χ4n) is 2.72. The van der Waals surface area contributed by atoms with Crippen molar-refractivity contribution in [2.24, 2.45) is 0 Å². The fraction of sp³-hybridized carbons (Fsp3) is 0.130. The number of ketones is 1. The molecule has 0 atom stereocenters. The number of hydrogen-bond acceptors (Lipinski definition) is 6. The molecule has 0 spiro atoms. The Morgan fingerprint density at radius 3 is 2.55 bits per heavy atom. The Morgan fingerprint density at radius 2 is 1.86 bits per heavy atom. The Hall–Kier alpha value is -3.80. The number of rotatable bonds is 7. The number of hydrogen-bond donors (Lipinski definition) is 1. The molecule has 0 saturated carbocycles. The Balaban J connectivity index is 1.80. The van der Waals surface area contributed by atoms with Crippen molar-refractivity contribution in [2.45, 2.75) is 13.5 Å². The minimum Gasteiger partial charge on any atom is -0.507 e. The van der Waals surface area contributed by atoms with Crippen LogP contribution < -0.4 is 15.1 Å². The topological polar surface area (TPSA) is 86.0 Å². The van der Waals surface area contributed by atoms with E-state index in [1.165, 1.54) is 25.1 Å². The van der Waals surface area contributed by atoms with E-state index < -0.39 is 22.7 Å². The molecule has 0 bridgehead atoms. The van der Waals surface area contributed by atoms with E-state index in [2.05, 4.69) is 0 Å². The molecule has 0 aliphatic carbocycles. The largest absolute Gasteiger partial charge is 0.507 e. The number of carbonyl (C=O) groups excluding carboxylic acids is 1. The van der Waals surface area contributed by atoms with Gasteiger partial charge in [0.1, 0.15) is 23.7 Å². The predicted molar refractivity (Wildman–Crippen MR) is 109 cm³/mol. The quantitative estimate of drug-likeness (QED) is 0.480. The smallest absolute Gasteiger partial charge is 0.351 e. The Labute approximate surface area is 167 Å². The molecule has 6 nitrogen and oxygen atoms in total. The van der Waals surface area contributed by atoms with Crippen molar-refractivity contribution in [3.05, 3.63) is 93.5 Å². The van der Waals surface area contributed by atoms with Crippen LogP contribution in [0.1, 0.15) is 27.2 Å². The highest BCUT2D eigenvalue weighted by Crippen LogP contribution is 2.29. The molecule has 1 N–H and O–H groups in total. The summed E-state index contributed by atoms with van der Waals surface area (Å²) in [7, 11) is 1.54. The standard InChI is InChI=1S/C23H20O6/c1-15-12-19(25)22(23(26)29-15)18(24)10-8-16-9-11-20(27-2)21(13-16)28-14-17-6-4-3-5-7-17/h3-13,25H,14H2,1-2H3/b10-8+. The van der Waals surface area contributed by atoms with Gasteiger partial charge in [-0.1, -0.05) is 42.5 Å². The van der Waals surface area contributed by atoms with E-state index in [0.29, 0.717) is 23.7 Å². The molecule has 0 radical (unpaired) electrons. The lowest BCUT2D eigenvalue weighted by molar-refractivity contribution is 0.104. The van der Waals surface area contributed by atoms with Gasteiger partial charge in [0.15, 0.2) is 17.3 Å². The van der Waals surface area contributed by atoms with Crippen molar-refractivity contribution in [1.29, 1.82) is 0 Å². The molecule has 3 aromatic rings. The average Bonchev–Trinajstić information content (AvgIpc) is 2.70. The highest BCUT2D eigenvalue weighted by Gasteiger charge is 2.16. The normalized spacial score (nSPS) is 10.8. The lowest BCUT2D eigenvalue weighted by Gasteiger charge is -2.11. The van der Waals surface area contributed by atoms with Gasteiger partial charge in [-0.25, -0.2) is 4.79 Å². The first-order valence-electron chi connectivity index (χ1n) is 8.89. The number of ether oxygens (including phenoxy) is 2. The number of aryl methyl sites for hydroxylation is 1. The molecule has 3 rings (SSSR count). The molecule has 148 valence electrons. The highest BCUT2D eigenvalue weighted by atomic mass is 16.5. The van der Waals surface area contributed by atoms with Gasteiger partial charge in [-0.15, -0.1) is 0 Å². The maximum atomic E-state index is 12.3. The lowest BCUT2D eigenvalue weighted by atomic mass is 10.1. The molecule has 1 heterocycles. The van der Waals surface area contributed by atoms with E-state index in [-0.39, 0.29) is 5.76 Å². The summed E-state index contributed by atoms with van der Waals surface area (Å²) >= 11 is 0. The van der Waals surface area contributed by atoms with Crippen LogP contribution in [0, 0.1) is 6.92 Å². The van der Waals surface area contributed by atoms with Gasteiger partial charge in [0.25, 0.3) is 0 Å². The van der Waals surface area contributed by atoms with Crippen LogP contribution in [-0.4, -0.2) is 18.0 Å². The molecule has 0 aliphatic rings. The third-order valence-corrected chi connectivity index (χ3v) is 4.15. The Bertz CT molecular complexity index is 1100. The van der Waals surface area contributed by atoms with Crippen molar-refractivity contribution in [2.75, 3.05) is 7.11 Å². The van der Waals surface area contributed by atoms with Crippen molar-refractivity contribution in [3.63, 3.8) is 0 Å². The highest BCUT2D eigenvalue weighted by molar-refractivity contribution is 6.08. The van der Waals surface area contributed by atoms with E-state index in [1.807, 2.05) is 30.3 Å². The molecule has 1 aromatic heterocycles. The zero-order valence-electron chi connectivity index (χ0n) is 16.0. The van der Waals surface area contributed by atoms with E-state index >= 15 is 0 Å². The van der Waals surface area contributed by atoms with Gasteiger partial charge in [0.2, 0.25) is 0 Å². The van der Waals surface area contributed by atoms with E-state index in [9.17, 15) is 14.7 Å². The SMILES string of the molecule is COc1ccc(/C=C/C(=O)c2c(O)cc(C)oc2=O)cc1OCc1ccccc1. The molecule has 6 heteroatoms. The van der Waals surface area contributed by atoms with Gasteiger partial charge >= 0.3 is 5.63 Å². The molecule has 0 unspecified atom stereocenters. The molecular weight excluding hydrogens is 372 g/mol. The number of aromatic hydroxyl groups is 1. The first-order chi connectivity index (χ1) is 14.0. The van der Waals surface area contributed by atoms with Crippen molar-refractivity contribution in [1.82, 2.24) is 0 Å². The average molecular weight is 392 g/mol. The zero-order chi connectivity index (χ0) is 20.8. The van der Waals surface area contributed by atoms with Gasteiger partial charge in [-0.05, 0) is 36.3 Å². The summed E-state index contributed by atoms with van der Waals surface area (Å²) < 4.78 is 16.1. The maximum Gasteiger partial charge on any atom is 0.351 e. The van der Waals surface area contributed by atoms with Crippen LogP contribution in [0.15, 0.2) is 69.9 Å². The van der Waals surface area contributed by atoms with Crippen molar-refractivity contribution in [3.8, 4) is 17.2 Å². The zero-order valence-corrected chi connectivity index (χ0v) is 16.0. The van der Waals surface area contributed by atoms with E-state index in [4.69, 9.17) is 13.9 Å². The monoisotopic (exact) mass is 392 g/mol. The van der Waals surface area contributed by atoms with Gasteiger partial charge in [-0.3, -0.25) is 4.79 Å². The van der Waals surface area contributed by atoms with Crippen LogP contribution in [0.5, 0.6) is 17.2 Å². The summed E-state index contributed by atoms with van der Waals surface area (Å²) in [4.78, 5) is 24.2. The summed E-state index contributed by atoms with van der Waals surface area (Å²) in [6.07, 6.45) is 2.72. The molecule has 29 heavy (non-hydrogen) atoms. The van der Waals surface area contributed by atoms with Crippen molar-refractivity contribution >= 4 is 11.9 Å². The molecule has 0 saturated heterocycles. The van der Waals surface area contributed by atoms with Crippen LogP contribution in [-0.2, 0) is 6.61 Å². The van der Waals surface area contributed by atoms with Gasteiger partial charge in [-0.2, -0.15) is 0 Å². The minimum absolute atomic E-state index is 0.225.